The summed E-state index contributed by atoms with van der Waals surface area (Å²) in [7, 11) is 0. The summed E-state index contributed by atoms with van der Waals surface area (Å²) >= 11 is 0. The van der Waals surface area contributed by atoms with Gasteiger partial charge >= 0.3 is 0 Å². The zero-order chi connectivity index (χ0) is 9.14. The third-order valence-electron chi connectivity index (χ3n) is 2.50. The van der Waals surface area contributed by atoms with Crippen molar-refractivity contribution >= 4 is 11.8 Å². The van der Waals surface area contributed by atoms with Crippen LogP contribution in [-0.4, -0.2) is 11.8 Å². The Labute approximate surface area is 71.3 Å². The van der Waals surface area contributed by atoms with Crippen LogP contribution in [-0.2, 0) is 9.59 Å². The van der Waals surface area contributed by atoms with Crippen molar-refractivity contribution in [1.29, 1.82) is 0 Å². The Morgan fingerprint density at radius 3 is 1.50 bits per heavy atom. The first-order chi connectivity index (χ1) is 5.63. The molecular weight excluding hydrogens is 156 g/mol. The topological polar surface area (TPSA) is 86.2 Å². The molecule has 1 aliphatic carbocycles. The van der Waals surface area contributed by atoms with E-state index in [0.717, 1.165) is 12.8 Å². The van der Waals surface area contributed by atoms with E-state index in [1.165, 1.54) is 0 Å². The first kappa shape index (κ1) is 9.03. The third kappa shape index (κ3) is 1.75. The van der Waals surface area contributed by atoms with Gasteiger partial charge in [0.2, 0.25) is 11.8 Å². The van der Waals surface area contributed by atoms with Crippen LogP contribution in [0.5, 0.6) is 0 Å². The highest BCUT2D eigenvalue weighted by Crippen LogP contribution is 2.29. The molecule has 2 atom stereocenters. The van der Waals surface area contributed by atoms with E-state index in [-0.39, 0.29) is 11.8 Å². The Kier molecular flexibility index (Phi) is 2.68. The van der Waals surface area contributed by atoms with Crippen molar-refractivity contribution in [3.05, 3.63) is 0 Å². The molecule has 4 heteroatoms. The molecule has 1 fully saturated rings. The highest BCUT2D eigenvalue weighted by Gasteiger charge is 2.32. The average molecular weight is 170 g/mol. The molecule has 0 aromatic heterocycles. The summed E-state index contributed by atoms with van der Waals surface area (Å²) in [6, 6.07) is 0. The van der Waals surface area contributed by atoms with Crippen LogP contribution >= 0.6 is 0 Å². The second-order valence-corrected chi connectivity index (χ2v) is 3.30. The number of primary amides is 2. The fourth-order valence-electron chi connectivity index (χ4n) is 1.81. The molecule has 0 spiro atoms. The number of rotatable bonds is 2. The predicted molar refractivity (Wildman–Crippen MR) is 43.8 cm³/mol. The summed E-state index contributed by atoms with van der Waals surface area (Å²) in [5.41, 5.74) is 10.3. The molecule has 0 unspecified atom stereocenters. The van der Waals surface area contributed by atoms with Crippen molar-refractivity contribution in [3.8, 4) is 0 Å². The maximum Gasteiger partial charge on any atom is 0.221 e. The molecule has 0 aliphatic heterocycles. The van der Waals surface area contributed by atoms with Gasteiger partial charge in [0.1, 0.15) is 0 Å². The van der Waals surface area contributed by atoms with Crippen molar-refractivity contribution in [2.75, 3.05) is 0 Å². The number of nitrogens with two attached hydrogens (primary N) is 2. The van der Waals surface area contributed by atoms with Gasteiger partial charge in [-0.25, -0.2) is 0 Å². The molecule has 12 heavy (non-hydrogen) atoms. The van der Waals surface area contributed by atoms with Crippen molar-refractivity contribution in [2.24, 2.45) is 23.3 Å². The van der Waals surface area contributed by atoms with Gasteiger partial charge in [-0.05, 0) is 12.8 Å². The summed E-state index contributed by atoms with van der Waals surface area (Å²) in [6.07, 6.45) is 3.36. The van der Waals surface area contributed by atoms with Crippen LogP contribution < -0.4 is 11.5 Å². The second-order valence-electron chi connectivity index (χ2n) is 3.30. The van der Waals surface area contributed by atoms with Crippen molar-refractivity contribution in [2.45, 2.75) is 25.7 Å². The van der Waals surface area contributed by atoms with Crippen LogP contribution in [0.15, 0.2) is 0 Å². The van der Waals surface area contributed by atoms with Crippen LogP contribution in [0.4, 0.5) is 0 Å². The first-order valence-electron chi connectivity index (χ1n) is 4.21. The van der Waals surface area contributed by atoms with E-state index in [1.807, 2.05) is 0 Å². The van der Waals surface area contributed by atoms with E-state index in [2.05, 4.69) is 0 Å². The Hall–Kier alpha value is -1.06. The lowest BCUT2D eigenvalue weighted by Gasteiger charge is -2.26. The third-order valence-corrected chi connectivity index (χ3v) is 2.50. The van der Waals surface area contributed by atoms with Gasteiger partial charge in [-0.3, -0.25) is 9.59 Å². The minimum absolute atomic E-state index is 0.323. The van der Waals surface area contributed by atoms with Crippen LogP contribution in [0.25, 0.3) is 0 Å². The van der Waals surface area contributed by atoms with E-state index in [9.17, 15) is 9.59 Å². The molecule has 1 saturated carbocycles. The quantitative estimate of drug-likeness (QED) is 0.599. The first-order valence-corrected chi connectivity index (χ1v) is 4.21. The molecule has 2 amide bonds. The van der Waals surface area contributed by atoms with Crippen LogP contribution in [0.1, 0.15) is 25.7 Å². The maximum absolute atomic E-state index is 10.9. The molecule has 0 saturated heterocycles. The minimum atomic E-state index is -0.390. The maximum atomic E-state index is 10.9. The summed E-state index contributed by atoms with van der Waals surface area (Å²) in [5.74, 6) is -1.43. The fraction of sp³-hybridized carbons (Fsp3) is 0.750. The van der Waals surface area contributed by atoms with Crippen LogP contribution in [0, 0.1) is 11.8 Å². The summed E-state index contributed by atoms with van der Waals surface area (Å²) in [6.45, 7) is 0. The Balaban J connectivity index is 2.67. The average Bonchev–Trinajstić information content (AvgIpc) is 2.04. The van der Waals surface area contributed by atoms with Crippen LogP contribution in [0.2, 0.25) is 0 Å². The predicted octanol–water partition coefficient (Wildman–Crippen LogP) is -0.237. The molecule has 0 aromatic rings. The lowest BCUT2D eigenvalue weighted by molar-refractivity contribution is -0.133. The minimum Gasteiger partial charge on any atom is -0.369 e. The van der Waals surface area contributed by atoms with Gasteiger partial charge in [0.25, 0.3) is 0 Å². The molecule has 68 valence electrons. The number of carbonyl (C=O) groups excluding carboxylic acids is 2. The fourth-order valence-corrected chi connectivity index (χ4v) is 1.81. The van der Waals surface area contributed by atoms with E-state index < -0.39 is 11.8 Å². The SMILES string of the molecule is NC(=O)[C@H]1CCCC[C@H]1C(N)=O. The van der Waals surface area contributed by atoms with Crippen molar-refractivity contribution in [1.82, 2.24) is 0 Å². The van der Waals surface area contributed by atoms with Gasteiger partial charge in [0.15, 0.2) is 0 Å². The molecule has 0 bridgehead atoms. The van der Waals surface area contributed by atoms with E-state index in [4.69, 9.17) is 11.5 Å². The molecular formula is C8H14N2O2. The summed E-state index contributed by atoms with van der Waals surface area (Å²) < 4.78 is 0. The molecule has 1 rings (SSSR count). The smallest absolute Gasteiger partial charge is 0.221 e. The molecule has 0 heterocycles. The summed E-state index contributed by atoms with van der Waals surface area (Å²) in [5, 5.41) is 0. The zero-order valence-corrected chi connectivity index (χ0v) is 6.95. The Morgan fingerprint density at radius 2 is 1.25 bits per heavy atom. The monoisotopic (exact) mass is 170 g/mol. The summed E-state index contributed by atoms with van der Waals surface area (Å²) in [4.78, 5) is 21.8. The lowest BCUT2D eigenvalue weighted by atomic mass is 9.78. The largest absolute Gasteiger partial charge is 0.369 e. The zero-order valence-electron chi connectivity index (χ0n) is 6.95. The Bertz CT molecular complexity index is 181. The normalized spacial score (nSPS) is 29.7. The highest BCUT2D eigenvalue weighted by molar-refractivity contribution is 5.86. The number of hydrogen-bond donors (Lipinski definition) is 2. The van der Waals surface area contributed by atoms with Gasteiger partial charge in [-0.1, -0.05) is 12.8 Å². The van der Waals surface area contributed by atoms with Gasteiger partial charge in [0.05, 0.1) is 0 Å². The van der Waals surface area contributed by atoms with Gasteiger partial charge in [-0.15, -0.1) is 0 Å². The standard InChI is InChI=1S/C8H14N2O2/c9-7(11)5-3-1-2-4-6(5)8(10)12/h5-6H,1-4H2,(H2,9,11)(H2,10,12)/t5-,6+. The highest BCUT2D eigenvalue weighted by atomic mass is 16.2. The van der Waals surface area contributed by atoms with Crippen LogP contribution in [0.3, 0.4) is 0 Å². The molecule has 0 aromatic carbocycles. The molecule has 4 nitrogen and oxygen atoms in total. The molecule has 1 aliphatic rings. The Morgan fingerprint density at radius 1 is 0.917 bits per heavy atom. The number of hydrogen-bond acceptors (Lipinski definition) is 2. The van der Waals surface area contributed by atoms with Gasteiger partial charge < -0.3 is 11.5 Å². The second kappa shape index (κ2) is 3.56. The number of carbonyl (C=O) groups is 2. The molecule has 0 radical (unpaired) electrons. The van der Waals surface area contributed by atoms with Gasteiger partial charge in [-0.2, -0.15) is 0 Å². The van der Waals surface area contributed by atoms with Crippen molar-refractivity contribution < 1.29 is 9.59 Å². The molecule has 4 N–H and O–H groups in total. The van der Waals surface area contributed by atoms with Crippen molar-refractivity contribution in [3.63, 3.8) is 0 Å². The lowest BCUT2D eigenvalue weighted by Crippen LogP contribution is -2.39. The van der Waals surface area contributed by atoms with E-state index in [0.29, 0.717) is 12.8 Å². The number of amides is 2. The van der Waals surface area contributed by atoms with E-state index in [1.54, 1.807) is 0 Å². The van der Waals surface area contributed by atoms with E-state index >= 15 is 0 Å². The van der Waals surface area contributed by atoms with Gasteiger partial charge in [0, 0.05) is 11.8 Å².